The molecule has 1 N–H and O–H groups in total. The zero-order valence-corrected chi connectivity index (χ0v) is 11.4. The Morgan fingerprint density at radius 1 is 1.33 bits per heavy atom. The molecule has 0 aromatic heterocycles. The standard InChI is InChI=1S/C16H23NO/c1-12-8-9-16(12,11-17-14-6-7-14)13-4-3-5-15(10-13)18-2/h3-5,10,12,14,17H,6-9,11H2,1-2H3. The molecule has 2 fully saturated rings. The zero-order valence-electron chi connectivity index (χ0n) is 11.4. The summed E-state index contributed by atoms with van der Waals surface area (Å²) in [6, 6.07) is 9.45. The highest BCUT2D eigenvalue weighted by Crippen LogP contribution is 2.49. The van der Waals surface area contributed by atoms with Gasteiger partial charge in [-0.3, -0.25) is 0 Å². The fourth-order valence-corrected chi connectivity index (χ4v) is 3.12. The fraction of sp³-hybridized carbons (Fsp3) is 0.625. The molecule has 1 aromatic rings. The molecule has 2 aliphatic carbocycles. The molecule has 0 amide bonds. The minimum atomic E-state index is 0.344. The van der Waals surface area contributed by atoms with Crippen LogP contribution in [0.4, 0.5) is 0 Å². The number of benzene rings is 1. The molecule has 2 saturated carbocycles. The summed E-state index contributed by atoms with van der Waals surface area (Å²) >= 11 is 0. The first-order valence-electron chi connectivity index (χ1n) is 7.12. The van der Waals surface area contributed by atoms with E-state index in [-0.39, 0.29) is 0 Å². The first-order chi connectivity index (χ1) is 8.74. The summed E-state index contributed by atoms with van der Waals surface area (Å²) in [5.74, 6) is 1.76. The highest BCUT2D eigenvalue weighted by Gasteiger charge is 2.45. The van der Waals surface area contributed by atoms with Gasteiger partial charge in [-0.05, 0) is 49.3 Å². The topological polar surface area (TPSA) is 21.3 Å². The fourth-order valence-electron chi connectivity index (χ4n) is 3.12. The number of ether oxygens (including phenoxy) is 1. The molecule has 0 saturated heterocycles. The Kier molecular flexibility index (Phi) is 3.06. The summed E-state index contributed by atoms with van der Waals surface area (Å²) in [6.07, 6.45) is 5.38. The van der Waals surface area contributed by atoms with E-state index in [4.69, 9.17) is 4.74 Å². The van der Waals surface area contributed by atoms with E-state index >= 15 is 0 Å². The first kappa shape index (κ1) is 12.0. The Labute approximate surface area is 110 Å². The van der Waals surface area contributed by atoms with Crippen LogP contribution < -0.4 is 10.1 Å². The van der Waals surface area contributed by atoms with Crippen LogP contribution in [0.15, 0.2) is 24.3 Å². The average molecular weight is 245 g/mol. The van der Waals surface area contributed by atoms with Crippen LogP contribution in [0.2, 0.25) is 0 Å². The third-order valence-electron chi connectivity index (χ3n) is 4.89. The maximum Gasteiger partial charge on any atom is 0.119 e. The van der Waals surface area contributed by atoms with Gasteiger partial charge in [-0.1, -0.05) is 19.1 Å². The smallest absolute Gasteiger partial charge is 0.119 e. The lowest BCUT2D eigenvalue weighted by atomic mass is 9.57. The minimum absolute atomic E-state index is 0.344. The number of methoxy groups -OCH3 is 1. The molecule has 0 bridgehead atoms. The van der Waals surface area contributed by atoms with Crippen molar-refractivity contribution in [1.29, 1.82) is 0 Å². The second kappa shape index (κ2) is 4.58. The maximum atomic E-state index is 5.37. The summed E-state index contributed by atoms with van der Waals surface area (Å²) in [6.45, 7) is 3.52. The molecule has 0 radical (unpaired) electrons. The van der Waals surface area contributed by atoms with Crippen molar-refractivity contribution < 1.29 is 4.74 Å². The number of hydrogen-bond donors (Lipinski definition) is 1. The summed E-state index contributed by atoms with van der Waals surface area (Å²) in [5, 5.41) is 3.72. The van der Waals surface area contributed by atoms with Crippen molar-refractivity contribution in [3.05, 3.63) is 29.8 Å². The Balaban J connectivity index is 1.82. The van der Waals surface area contributed by atoms with Crippen molar-refractivity contribution in [2.45, 2.75) is 44.1 Å². The maximum absolute atomic E-state index is 5.37. The molecule has 2 nitrogen and oxygen atoms in total. The molecule has 2 unspecified atom stereocenters. The second-order valence-corrected chi connectivity index (χ2v) is 5.98. The van der Waals surface area contributed by atoms with Crippen molar-refractivity contribution in [1.82, 2.24) is 5.32 Å². The van der Waals surface area contributed by atoms with E-state index in [2.05, 4.69) is 30.4 Å². The van der Waals surface area contributed by atoms with E-state index in [1.54, 1.807) is 7.11 Å². The zero-order chi connectivity index (χ0) is 12.6. The van der Waals surface area contributed by atoms with Gasteiger partial charge in [0.25, 0.3) is 0 Å². The highest BCUT2D eigenvalue weighted by molar-refractivity contribution is 5.36. The monoisotopic (exact) mass is 245 g/mol. The van der Waals surface area contributed by atoms with Gasteiger partial charge in [0.05, 0.1) is 7.11 Å². The van der Waals surface area contributed by atoms with E-state index < -0.39 is 0 Å². The Bertz CT molecular complexity index is 427. The molecule has 98 valence electrons. The molecule has 2 heteroatoms. The summed E-state index contributed by atoms with van der Waals surface area (Å²) < 4.78 is 5.37. The molecule has 0 aliphatic heterocycles. The molecule has 3 rings (SSSR count). The third-order valence-corrected chi connectivity index (χ3v) is 4.89. The van der Waals surface area contributed by atoms with Gasteiger partial charge in [0.15, 0.2) is 0 Å². The SMILES string of the molecule is COc1cccc(C2(CNC3CC3)CCC2C)c1. The minimum Gasteiger partial charge on any atom is -0.497 e. The number of hydrogen-bond acceptors (Lipinski definition) is 2. The van der Waals surface area contributed by atoms with Crippen LogP contribution in [0, 0.1) is 5.92 Å². The summed E-state index contributed by atoms with van der Waals surface area (Å²) in [4.78, 5) is 0. The molecule has 0 spiro atoms. The third kappa shape index (κ3) is 2.03. The van der Waals surface area contributed by atoms with Gasteiger partial charge in [-0.25, -0.2) is 0 Å². The van der Waals surface area contributed by atoms with Crippen LogP contribution in [0.1, 0.15) is 38.2 Å². The van der Waals surface area contributed by atoms with Crippen LogP contribution >= 0.6 is 0 Å². The highest BCUT2D eigenvalue weighted by atomic mass is 16.5. The molecule has 2 atom stereocenters. The molecule has 1 aromatic carbocycles. The Morgan fingerprint density at radius 2 is 2.17 bits per heavy atom. The van der Waals surface area contributed by atoms with Crippen LogP contribution in [0.5, 0.6) is 5.75 Å². The Hall–Kier alpha value is -1.02. The van der Waals surface area contributed by atoms with Crippen molar-refractivity contribution in [2.24, 2.45) is 5.92 Å². The predicted octanol–water partition coefficient (Wildman–Crippen LogP) is 3.11. The number of rotatable bonds is 5. The van der Waals surface area contributed by atoms with Gasteiger partial charge < -0.3 is 10.1 Å². The lowest BCUT2D eigenvalue weighted by molar-refractivity contribution is 0.133. The van der Waals surface area contributed by atoms with Crippen molar-refractivity contribution in [3.8, 4) is 5.75 Å². The first-order valence-corrected chi connectivity index (χ1v) is 7.12. The van der Waals surface area contributed by atoms with Gasteiger partial charge in [0, 0.05) is 18.0 Å². The summed E-state index contributed by atoms with van der Waals surface area (Å²) in [7, 11) is 1.75. The molecular formula is C16H23NO. The Morgan fingerprint density at radius 3 is 2.72 bits per heavy atom. The molecular weight excluding hydrogens is 222 g/mol. The molecule has 2 aliphatic rings. The lowest BCUT2D eigenvalue weighted by Gasteiger charge is -2.49. The van der Waals surface area contributed by atoms with E-state index in [1.807, 2.05) is 6.07 Å². The van der Waals surface area contributed by atoms with E-state index in [9.17, 15) is 0 Å². The van der Waals surface area contributed by atoms with Gasteiger partial charge in [-0.2, -0.15) is 0 Å². The molecule has 0 heterocycles. The number of nitrogens with one attached hydrogen (secondary N) is 1. The van der Waals surface area contributed by atoms with E-state index in [0.29, 0.717) is 5.41 Å². The van der Waals surface area contributed by atoms with Crippen LogP contribution in [0.25, 0.3) is 0 Å². The van der Waals surface area contributed by atoms with Crippen LogP contribution in [-0.2, 0) is 5.41 Å². The van der Waals surface area contributed by atoms with Crippen LogP contribution in [-0.4, -0.2) is 19.7 Å². The largest absolute Gasteiger partial charge is 0.497 e. The van der Waals surface area contributed by atoms with E-state index in [0.717, 1.165) is 24.3 Å². The second-order valence-electron chi connectivity index (χ2n) is 5.98. The quantitative estimate of drug-likeness (QED) is 0.860. The lowest BCUT2D eigenvalue weighted by Crippen LogP contribution is -2.50. The average Bonchev–Trinajstić information content (AvgIpc) is 3.22. The van der Waals surface area contributed by atoms with Gasteiger partial charge in [0.2, 0.25) is 0 Å². The van der Waals surface area contributed by atoms with E-state index in [1.165, 1.54) is 31.2 Å². The summed E-state index contributed by atoms with van der Waals surface area (Å²) in [5.41, 5.74) is 1.80. The normalized spacial score (nSPS) is 30.9. The van der Waals surface area contributed by atoms with Crippen molar-refractivity contribution >= 4 is 0 Å². The van der Waals surface area contributed by atoms with Crippen molar-refractivity contribution in [2.75, 3.05) is 13.7 Å². The van der Waals surface area contributed by atoms with Crippen LogP contribution in [0.3, 0.4) is 0 Å². The van der Waals surface area contributed by atoms with Gasteiger partial charge in [-0.15, -0.1) is 0 Å². The predicted molar refractivity (Wildman–Crippen MR) is 74.1 cm³/mol. The van der Waals surface area contributed by atoms with Gasteiger partial charge >= 0.3 is 0 Å². The van der Waals surface area contributed by atoms with Crippen molar-refractivity contribution in [3.63, 3.8) is 0 Å². The molecule has 18 heavy (non-hydrogen) atoms. The van der Waals surface area contributed by atoms with Gasteiger partial charge in [0.1, 0.15) is 5.75 Å².